The zero-order valence-electron chi connectivity index (χ0n) is 29.5. The summed E-state index contributed by atoms with van der Waals surface area (Å²) in [4.78, 5) is 35.1. The van der Waals surface area contributed by atoms with Crippen molar-refractivity contribution in [2.24, 2.45) is 10.7 Å². The van der Waals surface area contributed by atoms with E-state index in [0.717, 1.165) is 52.1 Å². The van der Waals surface area contributed by atoms with Crippen LogP contribution in [0.3, 0.4) is 0 Å². The number of para-hydroxylation sites is 1. The van der Waals surface area contributed by atoms with Crippen LogP contribution in [-0.2, 0) is 16.0 Å². The number of alkyl halides is 2. The number of likely N-dealkylation sites (N-methyl/N-ethyl adjacent to an activating group) is 3. The van der Waals surface area contributed by atoms with E-state index in [1.54, 1.807) is 20.4 Å². The molecule has 6 N–H and O–H groups in total. The molecule has 4 rings (SSSR count). The van der Waals surface area contributed by atoms with Crippen molar-refractivity contribution < 1.29 is 18.7 Å². The fourth-order valence-electron chi connectivity index (χ4n) is 5.13. The third kappa shape index (κ3) is 11.3. The number of anilines is 3. The molecule has 4 aromatic rings. The van der Waals surface area contributed by atoms with Crippen LogP contribution in [-0.4, -0.2) is 94.5 Å². The van der Waals surface area contributed by atoms with E-state index in [9.17, 15) is 9.18 Å². The molecule has 0 aliphatic heterocycles. The second kappa shape index (κ2) is 19.9. The fourth-order valence-corrected chi connectivity index (χ4v) is 5.13. The van der Waals surface area contributed by atoms with Crippen molar-refractivity contribution in [3.05, 3.63) is 95.8 Å². The van der Waals surface area contributed by atoms with E-state index in [-0.39, 0.29) is 18.9 Å². The van der Waals surface area contributed by atoms with E-state index in [1.165, 1.54) is 0 Å². The summed E-state index contributed by atoms with van der Waals surface area (Å²) >= 11 is 4.43. The number of nitrogens with zero attached hydrogens (tertiary/aromatic N) is 3. The van der Waals surface area contributed by atoms with Gasteiger partial charge in [0.1, 0.15) is 12.4 Å². The van der Waals surface area contributed by atoms with E-state index in [2.05, 4.69) is 48.4 Å². The molecule has 1 aromatic heterocycles. The number of allylic oxidation sites excluding steroid dienone is 1. The Kier molecular flexibility index (Phi) is 15.8. The number of nitrogens with one attached hydrogen (secondary N) is 4. The number of amides is 1. The first-order chi connectivity index (χ1) is 24.0. The summed E-state index contributed by atoms with van der Waals surface area (Å²) in [5.74, 6) is 0.521. The average molecular weight is 707 g/mol. The number of hydrogen-bond donors (Lipinski definition) is 5. The van der Waals surface area contributed by atoms with Gasteiger partial charge in [-0.2, -0.15) is 0 Å². The lowest BCUT2D eigenvalue weighted by Gasteiger charge is -2.27. The van der Waals surface area contributed by atoms with Crippen molar-refractivity contribution in [1.29, 1.82) is 0 Å². The van der Waals surface area contributed by atoms with Crippen LogP contribution in [0.2, 0.25) is 0 Å². The first-order valence-corrected chi connectivity index (χ1v) is 16.5. The van der Waals surface area contributed by atoms with Crippen molar-refractivity contribution in [3.63, 3.8) is 0 Å². The SMILES string of the molecule is CN[C@@H](Cc1ccccc1)C(=O)Nc1cc(NC/N=C(\C(C)=C/N)c2c[nH]c3ccccc23)c(OC)cc1N(C)CCN(C)C.O=CC(F)Cl. The maximum absolute atomic E-state index is 13.6. The summed E-state index contributed by atoms with van der Waals surface area (Å²) in [6.07, 6.45) is 4.11. The number of hydrogen-bond acceptors (Lipinski definition) is 9. The Hall–Kier alpha value is -4.91. The number of carbonyl (C=O) groups is 2. The maximum atomic E-state index is 13.6. The molecule has 0 spiro atoms. The Balaban J connectivity index is 0.00000126. The molecule has 0 saturated heterocycles. The Bertz CT molecular complexity index is 1740. The van der Waals surface area contributed by atoms with Gasteiger partial charge in [0.2, 0.25) is 11.5 Å². The molecule has 1 amide bonds. The van der Waals surface area contributed by atoms with E-state index < -0.39 is 11.7 Å². The molecule has 13 heteroatoms. The van der Waals surface area contributed by atoms with Gasteiger partial charge in [-0.25, -0.2) is 4.39 Å². The van der Waals surface area contributed by atoms with Crippen LogP contribution in [0.1, 0.15) is 18.1 Å². The Labute approximate surface area is 298 Å². The summed E-state index contributed by atoms with van der Waals surface area (Å²) in [6, 6.07) is 21.5. The van der Waals surface area contributed by atoms with Crippen molar-refractivity contribution >= 4 is 57.5 Å². The van der Waals surface area contributed by atoms with Crippen molar-refractivity contribution in [3.8, 4) is 5.75 Å². The van der Waals surface area contributed by atoms with E-state index in [4.69, 9.17) is 20.3 Å². The Morgan fingerprint density at radius 2 is 1.76 bits per heavy atom. The molecule has 0 aliphatic carbocycles. The molecule has 0 radical (unpaired) electrons. The van der Waals surface area contributed by atoms with E-state index >= 15 is 0 Å². The van der Waals surface area contributed by atoms with Crippen molar-refractivity contribution in [2.45, 2.75) is 25.0 Å². The number of methoxy groups -OCH3 is 1. The molecule has 1 unspecified atom stereocenters. The molecule has 11 nitrogen and oxygen atoms in total. The van der Waals surface area contributed by atoms with Crippen LogP contribution in [0.4, 0.5) is 21.5 Å². The van der Waals surface area contributed by atoms with Gasteiger partial charge in [0.05, 0.1) is 35.9 Å². The van der Waals surface area contributed by atoms with Gasteiger partial charge in [-0.1, -0.05) is 60.1 Å². The van der Waals surface area contributed by atoms with Crippen molar-refractivity contribution in [2.75, 3.05) is 70.6 Å². The van der Waals surface area contributed by atoms with Gasteiger partial charge in [0.25, 0.3) is 0 Å². The van der Waals surface area contributed by atoms with Crippen LogP contribution in [0.5, 0.6) is 5.75 Å². The predicted octanol–water partition coefficient (Wildman–Crippen LogP) is 5.38. The number of aromatic nitrogens is 1. The maximum Gasteiger partial charge on any atom is 0.241 e. The molecular weight excluding hydrogens is 659 g/mol. The zero-order valence-corrected chi connectivity index (χ0v) is 30.2. The number of ether oxygens (including phenoxy) is 1. The minimum Gasteiger partial charge on any atom is -0.495 e. The minimum absolute atomic E-state index is 0.0154. The van der Waals surface area contributed by atoms with Gasteiger partial charge >= 0.3 is 0 Å². The van der Waals surface area contributed by atoms with Crippen LogP contribution < -0.4 is 31.3 Å². The average Bonchev–Trinajstić information content (AvgIpc) is 3.55. The number of carbonyl (C=O) groups excluding carboxylic acids is 2. The normalized spacial score (nSPS) is 12.9. The summed E-state index contributed by atoms with van der Waals surface area (Å²) in [5, 5.41) is 10.9. The molecule has 50 heavy (non-hydrogen) atoms. The monoisotopic (exact) mass is 706 g/mol. The highest BCUT2D eigenvalue weighted by Gasteiger charge is 2.21. The molecule has 0 aliphatic rings. The highest BCUT2D eigenvalue weighted by molar-refractivity contribution is 6.26. The van der Waals surface area contributed by atoms with Crippen LogP contribution in [0, 0.1) is 0 Å². The van der Waals surface area contributed by atoms with E-state index in [1.807, 2.05) is 94.9 Å². The summed E-state index contributed by atoms with van der Waals surface area (Å²) in [7, 11) is 9.54. The van der Waals surface area contributed by atoms with Crippen LogP contribution >= 0.6 is 11.6 Å². The third-order valence-electron chi connectivity index (χ3n) is 7.89. The highest BCUT2D eigenvalue weighted by atomic mass is 35.5. The zero-order chi connectivity index (χ0) is 36.6. The lowest BCUT2D eigenvalue weighted by Crippen LogP contribution is -2.40. The quantitative estimate of drug-likeness (QED) is 0.0595. The number of nitrogens with two attached hydrogens (primary N) is 1. The third-order valence-corrected chi connectivity index (χ3v) is 8.00. The number of aliphatic imine (C=N–C) groups is 1. The number of fused-ring (bicyclic) bond motifs is 1. The molecule has 3 aromatic carbocycles. The fraction of sp³-hybridized carbons (Fsp3) is 0.324. The molecule has 0 saturated carbocycles. The second-order valence-electron chi connectivity index (χ2n) is 11.7. The van der Waals surface area contributed by atoms with E-state index in [0.29, 0.717) is 23.5 Å². The molecule has 2 atom stereocenters. The molecule has 0 fully saturated rings. The Morgan fingerprint density at radius 1 is 1.08 bits per heavy atom. The largest absolute Gasteiger partial charge is 0.495 e. The van der Waals surface area contributed by atoms with Gasteiger partial charge in [-0.15, -0.1) is 0 Å². The van der Waals surface area contributed by atoms with Crippen LogP contribution in [0.25, 0.3) is 10.9 Å². The number of aromatic amines is 1. The van der Waals surface area contributed by atoms with Crippen molar-refractivity contribution in [1.82, 2.24) is 15.2 Å². The predicted molar refractivity (Wildman–Crippen MR) is 205 cm³/mol. The summed E-state index contributed by atoms with van der Waals surface area (Å²) in [6.45, 7) is 3.81. The number of aldehydes is 1. The highest BCUT2D eigenvalue weighted by Crippen LogP contribution is 2.37. The van der Waals surface area contributed by atoms with Gasteiger partial charge in [-0.05, 0) is 64.0 Å². The number of rotatable bonds is 16. The second-order valence-corrected chi connectivity index (χ2v) is 12.1. The van der Waals surface area contributed by atoms with Gasteiger partial charge in [0, 0.05) is 48.9 Å². The number of halogens is 2. The molecule has 268 valence electrons. The van der Waals surface area contributed by atoms with Gasteiger partial charge in [-0.3, -0.25) is 14.6 Å². The summed E-state index contributed by atoms with van der Waals surface area (Å²) in [5.41, 5.74) is 11.1. The van der Waals surface area contributed by atoms with Crippen LogP contribution in [0.15, 0.2) is 89.7 Å². The standard InChI is InChI=1S/C35H46N8O2.C2H2ClFO/c1-24(21-36)34(27-22-38-28-15-11-10-14-26(27)28)40-23-39-30-19-29(32(20-33(30)45-6)43(5)17-16-42(3)4)41-35(44)31(37-2)18-25-12-8-7-9-13-25;3-2(4)1-5/h7-15,19-22,31,37-39H,16-18,23,36H2,1-6H3,(H,41,44);1-2H/b24-21-,40-34+;/t31-;/m0./s1. The first-order valence-electron chi connectivity index (χ1n) is 16.1. The summed E-state index contributed by atoms with van der Waals surface area (Å²) < 4.78 is 16.6. The lowest BCUT2D eigenvalue weighted by molar-refractivity contribution is -0.118. The number of H-pyrrole nitrogens is 1. The minimum atomic E-state index is -1.82. The number of benzene rings is 3. The smallest absolute Gasteiger partial charge is 0.241 e. The van der Waals surface area contributed by atoms with Gasteiger partial charge in [0.15, 0.2) is 6.29 Å². The molecule has 0 bridgehead atoms. The first kappa shape index (κ1) is 39.5. The topological polar surface area (TPSA) is 140 Å². The molecular formula is C37H48ClFN8O3. The Morgan fingerprint density at radius 3 is 2.38 bits per heavy atom. The molecule has 1 heterocycles. The van der Waals surface area contributed by atoms with Gasteiger partial charge < -0.3 is 41.2 Å². The lowest BCUT2D eigenvalue weighted by atomic mass is 10.0.